The summed E-state index contributed by atoms with van der Waals surface area (Å²) in [6.07, 6.45) is 2.00. The van der Waals surface area contributed by atoms with Gasteiger partial charge in [0, 0.05) is 12.7 Å². The maximum atomic E-state index is 13.7. The van der Waals surface area contributed by atoms with Crippen LogP contribution in [0.1, 0.15) is 32.4 Å². The lowest BCUT2D eigenvalue weighted by atomic mass is 10.1. The first-order valence-corrected chi connectivity index (χ1v) is 5.96. The van der Waals surface area contributed by atoms with Gasteiger partial charge < -0.3 is 9.47 Å². The third-order valence-electron chi connectivity index (χ3n) is 2.74. The second-order valence-electron chi connectivity index (χ2n) is 4.79. The molecule has 1 atom stereocenters. The minimum Gasteiger partial charge on any atom is -0.472 e. The van der Waals surface area contributed by atoms with Crippen LogP contribution >= 0.6 is 0 Å². The van der Waals surface area contributed by atoms with Gasteiger partial charge in [0.1, 0.15) is 11.8 Å². The second kappa shape index (κ2) is 5.00. The molecule has 3 nitrogen and oxygen atoms in total. The summed E-state index contributed by atoms with van der Waals surface area (Å²) in [4.78, 5) is 4.19. The molecular weight excluding hydrogens is 221 g/mol. The number of rotatable bonds is 3. The van der Waals surface area contributed by atoms with Crippen molar-refractivity contribution in [3.8, 4) is 5.88 Å². The molecule has 2 heterocycles. The lowest BCUT2D eigenvalue weighted by molar-refractivity contribution is 0.00518. The number of ether oxygens (including phenoxy) is 2. The van der Waals surface area contributed by atoms with Crippen molar-refractivity contribution in [2.24, 2.45) is 0 Å². The van der Waals surface area contributed by atoms with E-state index in [-0.39, 0.29) is 6.10 Å². The van der Waals surface area contributed by atoms with Gasteiger partial charge in [-0.3, -0.25) is 0 Å². The predicted molar refractivity (Wildman–Crippen MR) is 62.8 cm³/mol. The summed E-state index contributed by atoms with van der Waals surface area (Å²) < 4.78 is 24.8. The summed E-state index contributed by atoms with van der Waals surface area (Å²) in [7, 11) is 0. The highest BCUT2D eigenvalue weighted by molar-refractivity contribution is 5.19. The summed E-state index contributed by atoms with van der Waals surface area (Å²) in [6, 6.07) is 5.19. The van der Waals surface area contributed by atoms with Gasteiger partial charge in [0.25, 0.3) is 0 Å². The zero-order chi connectivity index (χ0) is 12.3. The summed E-state index contributed by atoms with van der Waals surface area (Å²) in [5.74, 6) is 0.476. The molecule has 2 rings (SSSR count). The molecule has 0 bridgehead atoms. The highest BCUT2D eigenvalue weighted by Gasteiger charge is 2.22. The molecule has 1 unspecified atom stereocenters. The van der Waals surface area contributed by atoms with E-state index in [4.69, 9.17) is 9.47 Å². The zero-order valence-corrected chi connectivity index (χ0v) is 10.3. The Morgan fingerprint density at radius 2 is 2.29 bits per heavy atom. The summed E-state index contributed by atoms with van der Waals surface area (Å²) >= 11 is 0. The van der Waals surface area contributed by atoms with Crippen molar-refractivity contribution in [1.29, 1.82) is 0 Å². The standard InChI is InChI=1S/C13H18FNO2/c1-13(2,14)11-6-3-7-12(15-11)17-10-5-4-8-16-9-10/h3,6-7,10H,4-5,8-9H2,1-2H3. The molecule has 1 aromatic rings. The molecule has 94 valence electrons. The molecule has 1 aromatic heterocycles. The molecule has 0 radical (unpaired) electrons. The summed E-state index contributed by atoms with van der Waals surface area (Å²) in [6.45, 7) is 4.36. The number of nitrogens with zero attached hydrogens (tertiary/aromatic N) is 1. The first-order chi connectivity index (χ1) is 8.05. The topological polar surface area (TPSA) is 31.4 Å². The normalized spacial score (nSPS) is 21.2. The van der Waals surface area contributed by atoms with Gasteiger partial charge in [-0.05, 0) is 32.8 Å². The van der Waals surface area contributed by atoms with Gasteiger partial charge in [0.15, 0.2) is 0 Å². The van der Waals surface area contributed by atoms with Gasteiger partial charge in [-0.1, -0.05) is 6.07 Å². The van der Waals surface area contributed by atoms with Crippen LogP contribution in [-0.4, -0.2) is 24.3 Å². The van der Waals surface area contributed by atoms with Gasteiger partial charge >= 0.3 is 0 Å². The molecule has 17 heavy (non-hydrogen) atoms. The smallest absolute Gasteiger partial charge is 0.213 e. The minimum absolute atomic E-state index is 0.0363. The van der Waals surface area contributed by atoms with E-state index in [1.807, 2.05) is 0 Å². The van der Waals surface area contributed by atoms with Gasteiger partial charge in [0.05, 0.1) is 12.3 Å². The molecule has 0 aliphatic carbocycles. The van der Waals surface area contributed by atoms with Crippen molar-refractivity contribution in [3.63, 3.8) is 0 Å². The highest BCUT2D eigenvalue weighted by atomic mass is 19.1. The molecule has 1 aliphatic heterocycles. The fourth-order valence-electron chi connectivity index (χ4n) is 1.79. The van der Waals surface area contributed by atoms with Gasteiger partial charge in [0.2, 0.25) is 5.88 Å². The average Bonchev–Trinajstić information content (AvgIpc) is 2.29. The molecular formula is C13H18FNO2. The number of halogens is 1. The van der Waals surface area contributed by atoms with E-state index in [1.54, 1.807) is 18.2 Å². The molecule has 0 spiro atoms. The monoisotopic (exact) mass is 239 g/mol. The molecule has 0 amide bonds. The fraction of sp³-hybridized carbons (Fsp3) is 0.615. The van der Waals surface area contributed by atoms with Crippen LogP contribution in [-0.2, 0) is 10.4 Å². The van der Waals surface area contributed by atoms with Crippen LogP contribution in [0.3, 0.4) is 0 Å². The molecule has 4 heteroatoms. The second-order valence-corrected chi connectivity index (χ2v) is 4.79. The third-order valence-corrected chi connectivity index (χ3v) is 2.74. The number of alkyl halides is 1. The molecule has 1 aliphatic rings. The highest BCUT2D eigenvalue weighted by Crippen LogP contribution is 2.25. The van der Waals surface area contributed by atoms with Crippen molar-refractivity contribution >= 4 is 0 Å². The zero-order valence-electron chi connectivity index (χ0n) is 10.3. The van der Waals surface area contributed by atoms with Crippen LogP contribution in [0, 0.1) is 0 Å². The Labute approximate surface area is 101 Å². The van der Waals surface area contributed by atoms with Gasteiger partial charge in [-0.15, -0.1) is 0 Å². The largest absolute Gasteiger partial charge is 0.472 e. The number of pyridine rings is 1. The first-order valence-electron chi connectivity index (χ1n) is 5.96. The maximum Gasteiger partial charge on any atom is 0.213 e. The van der Waals surface area contributed by atoms with Crippen LogP contribution < -0.4 is 4.74 Å². The summed E-state index contributed by atoms with van der Waals surface area (Å²) in [5, 5.41) is 0. The van der Waals surface area contributed by atoms with Crippen LogP contribution in [0.4, 0.5) is 4.39 Å². The maximum absolute atomic E-state index is 13.7. The Bertz CT molecular complexity index is 370. The lowest BCUT2D eigenvalue weighted by Gasteiger charge is -2.23. The van der Waals surface area contributed by atoms with Crippen molar-refractivity contribution in [3.05, 3.63) is 23.9 Å². The van der Waals surface area contributed by atoms with E-state index in [0.717, 1.165) is 19.4 Å². The van der Waals surface area contributed by atoms with Crippen molar-refractivity contribution in [1.82, 2.24) is 4.98 Å². The van der Waals surface area contributed by atoms with Gasteiger partial charge in [-0.25, -0.2) is 9.37 Å². The number of aromatic nitrogens is 1. The number of hydrogen-bond acceptors (Lipinski definition) is 3. The van der Waals surface area contributed by atoms with E-state index in [2.05, 4.69) is 4.98 Å². The van der Waals surface area contributed by atoms with E-state index >= 15 is 0 Å². The van der Waals surface area contributed by atoms with E-state index in [1.165, 1.54) is 13.8 Å². The first kappa shape index (κ1) is 12.3. The average molecular weight is 239 g/mol. The molecule has 1 fully saturated rings. The van der Waals surface area contributed by atoms with Crippen molar-refractivity contribution in [2.75, 3.05) is 13.2 Å². The minimum atomic E-state index is -1.44. The van der Waals surface area contributed by atoms with Crippen molar-refractivity contribution < 1.29 is 13.9 Å². The fourth-order valence-corrected chi connectivity index (χ4v) is 1.79. The molecule has 0 saturated carbocycles. The Balaban J connectivity index is 2.05. The predicted octanol–water partition coefficient (Wildman–Crippen LogP) is 2.84. The summed E-state index contributed by atoms with van der Waals surface area (Å²) in [5.41, 5.74) is -1.05. The Morgan fingerprint density at radius 3 is 2.94 bits per heavy atom. The van der Waals surface area contributed by atoms with E-state index in [0.29, 0.717) is 18.2 Å². The quantitative estimate of drug-likeness (QED) is 0.812. The van der Waals surface area contributed by atoms with Crippen LogP contribution in [0.5, 0.6) is 5.88 Å². The number of hydrogen-bond donors (Lipinski definition) is 0. The van der Waals surface area contributed by atoms with Crippen LogP contribution in [0.25, 0.3) is 0 Å². The van der Waals surface area contributed by atoms with Crippen LogP contribution in [0.2, 0.25) is 0 Å². The third kappa shape index (κ3) is 3.40. The van der Waals surface area contributed by atoms with Crippen LogP contribution in [0.15, 0.2) is 18.2 Å². The lowest BCUT2D eigenvalue weighted by Crippen LogP contribution is -2.28. The van der Waals surface area contributed by atoms with Crippen molar-refractivity contribution in [2.45, 2.75) is 38.5 Å². The Hall–Kier alpha value is -1.16. The van der Waals surface area contributed by atoms with E-state index in [9.17, 15) is 4.39 Å². The molecule has 1 saturated heterocycles. The van der Waals surface area contributed by atoms with Gasteiger partial charge in [-0.2, -0.15) is 0 Å². The Morgan fingerprint density at radius 1 is 1.47 bits per heavy atom. The van der Waals surface area contributed by atoms with E-state index < -0.39 is 5.67 Å². The molecule has 0 N–H and O–H groups in total. The SMILES string of the molecule is CC(C)(F)c1cccc(OC2CCCOC2)n1. The molecule has 0 aromatic carbocycles. The Kier molecular flexibility index (Phi) is 3.62.